The van der Waals surface area contributed by atoms with Gasteiger partial charge < -0.3 is 15.5 Å². The van der Waals surface area contributed by atoms with Crippen molar-refractivity contribution in [2.24, 2.45) is 5.92 Å². The van der Waals surface area contributed by atoms with Crippen LogP contribution in [0.2, 0.25) is 0 Å². The van der Waals surface area contributed by atoms with Crippen molar-refractivity contribution in [3.05, 3.63) is 66.0 Å². The Labute approximate surface area is 152 Å². The Morgan fingerprint density at radius 1 is 1.12 bits per heavy atom. The summed E-state index contributed by atoms with van der Waals surface area (Å²) in [6.07, 6.45) is 1.53. The number of rotatable bonds is 4. The van der Waals surface area contributed by atoms with Crippen LogP contribution in [0.15, 0.2) is 54.6 Å². The monoisotopic (exact) mass is 355 g/mol. The van der Waals surface area contributed by atoms with Gasteiger partial charge in [0.15, 0.2) is 0 Å². The van der Waals surface area contributed by atoms with Crippen molar-refractivity contribution in [3.63, 3.8) is 0 Å². The van der Waals surface area contributed by atoms with E-state index in [9.17, 15) is 14.0 Å². The van der Waals surface area contributed by atoms with E-state index in [0.717, 1.165) is 18.5 Å². The van der Waals surface area contributed by atoms with Crippen molar-refractivity contribution >= 4 is 17.6 Å². The zero-order valence-electron chi connectivity index (χ0n) is 14.5. The molecule has 6 heteroatoms. The predicted molar refractivity (Wildman–Crippen MR) is 98.0 cm³/mol. The van der Waals surface area contributed by atoms with Gasteiger partial charge in [0.25, 0.3) is 0 Å². The van der Waals surface area contributed by atoms with Gasteiger partial charge in [-0.25, -0.2) is 9.18 Å². The van der Waals surface area contributed by atoms with Crippen LogP contribution in [-0.4, -0.2) is 29.9 Å². The Kier molecular flexibility index (Phi) is 5.84. The van der Waals surface area contributed by atoms with E-state index in [0.29, 0.717) is 18.7 Å². The fraction of sp³-hybridized carbons (Fsp3) is 0.300. The van der Waals surface area contributed by atoms with E-state index in [1.165, 1.54) is 12.1 Å². The maximum atomic E-state index is 13.2. The highest BCUT2D eigenvalue weighted by Crippen LogP contribution is 2.19. The molecule has 1 atom stereocenters. The molecule has 2 N–H and O–H groups in total. The molecule has 5 nitrogen and oxygen atoms in total. The fourth-order valence-electron chi connectivity index (χ4n) is 3.08. The topological polar surface area (TPSA) is 61.4 Å². The summed E-state index contributed by atoms with van der Waals surface area (Å²) in [6.45, 7) is 1.26. The van der Waals surface area contributed by atoms with Crippen LogP contribution in [0.4, 0.5) is 14.9 Å². The first-order chi connectivity index (χ1) is 12.6. The van der Waals surface area contributed by atoms with Gasteiger partial charge in [-0.3, -0.25) is 4.79 Å². The normalized spacial score (nSPS) is 16.8. The summed E-state index contributed by atoms with van der Waals surface area (Å²) in [7, 11) is 0. The zero-order chi connectivity index (χ0) is 18.4. The lowest BCUT2D eigenvalue weighted by atomic mass is 9.97. The molecular weight excluding hydrogens is 333 g/mol. The number of amides is 3. The van der Waals surface area contributed by atoms with Crippen molar-refractivity contribution in [2.75, 3.05) is 18.4 Å². The van der Waals surface area contributed by atoms with E-state index in [2.05, 4.69) is 10.6 Å². The molecule has 0 bridgehead atoms. The number of nitrogens with one attached hydrogen (secondary N) is 2. The standard InChI is InChI=1S/C20H22FN3O2/c21-17-8-4-6-15(12-17)13-22-20(26)24-11-5-7-16(14-24)19(25)23-18-9-2-1-3-10-18/h1-4,6,8-10,12,16H,5,7,11,13-14H2,(H,22,26)(H,23,25). The number of benzene rings is 2. The van der Waals surface area contributed by atoms with Crippen LogP contribution in [-0.2, 0) is 11.3 Å². The molecule has 1 fully saturated rings. The minimum atomic E-state index is -0.327. The summed E-state index contributed by atoms with van der Waals surface area (Å²) in [5, 5.41) is 5.69. The third-order valence-corrected chi connectivity index (χ3v) is 4.45. The lowest BCUT2D eigenvalue weighted by molar-refractivity contribution is -0.121. The Hall–Kier alpha value is -2.89. The van der Waals surface area contributed by atoms with E-state index in [1.807, 2.05) is 30.3 Å². The molecule has 3 rings (SSSR count). The number of para-hydroxylation sites is 1. The maximum absolute atomic E-state index is 13.2. The van der Waals surface area contributed by atoms with Gasteiger partial charge >= 0.3 is 6.03 Å². The molecule has 1 unspecified atom stereocenters. The lowest BCUT2D eigenvalue weighted by Gasteiger charge is -2.32. The first-order valence-electron chi connectivity index (χ1n) is 8.75. The van der Waals surface area contributed by atoms with E-state index >= 15 is 0 Å². The van der Waals surface area contributed by atoms with Gasteiger partial charge in [0, 0.05) is 25.3 Å². The molecule has 1 aliphatic heterocycles. The van der Waals surface area contributed by atoms with Crippen molar-refractivity contribution in [2.45, 2.75) is 19.4 Å². The van der Waals surface area contributed by atoms with Gasteiger partial charge in [-0.2, -0.15) is 0 Å². The highest BCUT2D eigenvalue weighted by Gasteiger charge is 2.28. The number of piperidine rings is 1. The smallest absolute Gasteiger partial charge is 0.317 e. The summed E-state index contributed by atoms with van der Waals surface area (Å²) in [5.41, 5.74) is 1.46. The van der Waals surface area contributed by atoms with Crippen molar-refractivity contribution in [3.8, 4) is 0 Å². The number of halogens is 1. The van der Waals surface area contributed by atoms with E-state index in [-0.39, 0.29) is 30.2 Å². The average Bonchev–Trinajstić information content (AvgIpc) is 2.67. The summed E-state index contributed by atoms with van der Waals surface area (Å²) in [4.78, 5) is 26.5. The Morgan fingerprint density at radius 3 is 2.69 bits per heavy atom. The van der Waals surface area contributed by atoms with Crippen molar-refractivity contribution in [1.29, 1.82) is 0 Å². The van der Waals surface area contributed by atoms with Gasteiger partial charge in [-0.1, -0.05) is 30.3 Å². The second-order valence-corrected chi connectivity index (χ2v) is 6.43. The number of urea groups is 1. The molecule has 0 aliphatic carbocycles. The second kappa shape index (κ2) is 8.47. The van der Waals surface area contributed by atoms with Crippen LogP contribution in [0.1, 0.15) is 18.4 Å². The van der Waals surface area contributed by atoms with Crippen LogP contribution in [0.5, 0.6) is 0 Å². The maximum Gasteiger partial charge on any atom is 0.317 e. The SMILES string of the molecule is O=C(Nc1ccccc1)C1CCCN(C(=O)NCc2cccc(F)c2)C1. The van der Waals surface area contributed by atoms with E-state index in [4.69, 9.17) is 0 Å². The summed E-state index contributed by atoms with van der Waals surface area (Å²) >= 11 is 0. The quantitative estimate of drug-likeness (QED) is 0.883. The number of nitrogens with zero attached hydrogens (tertiary/aromatic N) is 1. The van der Waals surface area contributed by atoms with Crippen LogP contribution in [0.3, 0.4) is 0 Å². The van der Waals surface area contributed by atoms with Crippen LogP contribution in [0, 0.1) is 11.7 Å². The predicted octanol–water partition coefficient (Wildman–Crippen LogP) is 3.39. The highest BCUT2D eigenvalue weighted by atomic mass is 19.1. The van der Waals surface area contributed by atoms with Crippen LogP contribution in [0.25, 0.3) is 0 Å². The molecule has 1 saturated heterocycles. The number of anilines is 1. The van der Waals surface area contributed by atoms with Crippen LogP contribution >= 0.6 is 0 Å². The lowest BCUT2D eigenvalue weighted by Crippen LogP contribution is -2.47. The molecule has 1 aliphatic rings. The van der Waals surface area contributed by atoms with E-state index in [1.54, 1.807) is 17.0 Å². The summed E-state index contributed by atoms with van der Waals surface area (Å²) in [6, 6.07) is 15.2. The molecule has 2 aromatic carbocycles. The molecule has 2 aromatic rings. The van der Waals surface area contributed by atoms with Gasteiger partial charge in [0.1, 0.15) is 5.82 Å². The number of likely N-dealkylation sites (tertiary alicyclic amines) is 1. The zero-order valence-corrected chi connectivity index (χ0v) is 14.5. The minimum absolute atomic E-state index is 0.0705. The first kappa shape index (κ1) is 17.9. The molecule has 1 heterocycles. The molecule has 0 saturated carbocycles. The van der Waals surface area contributed by atoms with Gasteiger partial charge in [-0.05, 0) is 42.7 Å². The molecular formula is C20H22FN3O2. The highest BCUT2D eigenvalue weighted by molar-refractivity contribution is 5.93. The van der Waals surface area contributed by atoms with Gasteiger partial charge in [0.05, 0.1) is 5.92 Å². The number of hydrogen-bond acceptors (Lipinski definition) is 2. The fourth-order valence-corrected chi connectivity index (χ4v) is 3.08. The molecule has 136 valence electrons. The summed E-state index contributed by atoms with van der Waals surface area (Å²) < 4.78 is 13.2. The third-order valence-electron chi connectivity index (χ3n) is 4.45. The van der Waals surface area contributed by atoms with Crippen molar-refractivity contribution < 1.29 is 14.0 Å². The molecule has 0 spiro atoms. The molecule has 26 heavy (non-hydrogen) atoms. The Balaban J connectivity index is 1.52. The third kappa shape index (κ3) is 4.81. The van der Waals surface area contributed by atoms with Crippen LogP contribution < -0.4 is 10.6 Å². The minimum Gasteiger partial charge on any atom is -0.334 e. The average molecular weight is 355 g/mol. The number of carbonyl (C=O) groups is 2. The number of hydrogen-bond donors (Lipinski definition) is 2. The number of carbonyl (C=O) groups excluding carboxylic acids is 2. The summed E-state index contributed by atoms with van der Waals surface area (Å²) in [5.74, 6) is -0.630. The molecule has 3 amide bonds. The largest absolute Gasteiger partial charge is 0.334 e. The van der Waals surface area contributed by atoms with Crippen molar-refractivity contribution in [1.82, 2.24) is 10.2 Å². The Bertz CT molecular complexity index is 767. The molecule has 0 radical (unpaired) electrons. The molecule has 0 aromatic heterocycles. The Morgan fingerprint density at radius 2 is 1.92 bits per heavy atom. The van der Waals surface area contributed by atoms with Gasteiger partial charge in [0.2, 0.25) is 5.91 Å². The van der Waals surface area contributed by atoms with E-state index < -0.39 is 0 Å². The second-order valence-electron chi connectivity index (χ2n) is 6.43. The first-order valence-corrected chi connectivity index (χ1v) is 8.75. The van der Waals surface area contributed by atoms with Gasteiger partial charge in [-0.15, -0.1) is 0 Å².